The lowest BCUT2D eigenvalue weighted by Crippen LogP contribution is -2.11. The molecule has 0 aromatic heterocycles. The molecule has 33 heavy (non-hydrogen) atoms. The lowest BCUT2D eigenvalue weighted by atomic mass is 10.1. The number of ketones is 1. The Labute approximate surface area is 193 Å². The number of aliphatic hydroxyl groups is 1. The molecular weight excluding hydrogens is 422 g/mol. The van der Waals surface area contributed by atoms with Gasteiger partial charge in [-0.2, -0.15) is 0 Å². The van der Waals surface area contributed by atoms with Crippen LogP contribution in [0, 0.1) is 5.41 Å². The summed E-state index contributed by atoms with van der Waals surface area (Å²) in [5.41, 5.74) is 2.64. The Morgan fingerprint density at radius 1 is 0.788 bits per heavy atom. The van der Waals surface area contributed by atoms with Crippen LogP contribution in [0.5, 0.6) is 11.5 Å². The Morgan fingerprint density at radius 3 is 1.97 bits per heavy atom. The summed E-state index contributed by atoms with van der Waals surface area (Å²) in [4.78, 5) is 23.1. The first-order chi connectivity index (χ1) is 16.0. The molecule has 2 N–H and O–H groups in total. The topological polar surface area (TPSA) is 106 Å². The van der Waals surface area contributed by atoms with Gasteiger partial charge in [0.05, 0.1) is 12.8 Å². The van der Waals surface area contributed by atoms with E-state index in [4.69, 9.17) is 20.0 Å². The van der Waals surface area contributed by atoms with E-state index in [1.807, 2.05) is 54.6 Å². The summed E-state index contributed by atoms with van der Waals surface area (Å²) in [5.74, 6) is 0.438. The van der Waals surface area contributed by atoms with Crippen LogP contribution in [0.4, 0.5) is 0 Å². The molecule has 0 fully saturated rings. The van der Waals surface area contributed by atoms with Crippen molar-refractivity contribution >= 4 is 17.5 Å². The van der Waals surface area contributed by atoms with E-state index < -0.39 is 5.97 Å². The highest BCUT2D eigenvalue weighted by Crippen LogP contribution is 2.17. The minimum Gasteiger partial charge on any atom is -0.489 e. The Bertz CT molecular complexity index is 1030. The summed E-state index contributed by atoms with van der Waals surface area (Å²) < 4.78 is 15.9. The average molecular weight is 450 g/mol. The molecule has 0 amide bonds. The second-order valence-corrected chi connectivity index (χ2v) is 6.77. The van der Waals surface area contributed by atoms with E-state index >= 15 is 0 Å². The van der Waals surface area contributed by atoms with Crippen LogP contribution in [0.1, 0.15) is 27.9 Å². The number of hydrogen-bond donors (Lipinski definition) is 2. The van der Waals surface area contributed by atoms with Crippen molar-refractivity contribution in [2.45, 2.75) is 13.0 Å². The number of carbonyl (C=O) groups excluding carboxylic acids is 2. The van der Waals surface area contributed by atoms with Gasteiger partial charge < -0.3 is 24.7 Å². The van der Waals surface area contributed by atoms with Crippen LogP contribution >= 0.6 is 0 Å². The molecule has 3 aromatic carbocycles. The van der Waals surface area contributed by atoms with Gasteiger partial charge in [0, 0.05) is 12.7 Å². The quantitative estimate of drug-likeness (QED) is 0.209. The predicted octanol–water partition coefficient (Wildman–Crippen LogP) is 4.07. The number of ether oxygens (including phenoxy) is 3. The normalized spacial score (nSPS) is 9.79. The van der Waals surface area contributed by atoms with Crippen LogP contribution in [-0.2, 0) is 16.1 Å². The van der Waals surface area contributed by atoms with Crippen molar-refractivity contribution in [1.82, 2.24) is 0 Å². The Hall–Kier alpha value is -3.97. The predicted molar refractivity (Wildman–Crippen MR) is 125 cm³/mol. The summed E-state index contributed by atoms with van der Waals surface area (Å²) in [6.45, 7) is 0.552. The van der Waals surface area contributed by atoms with Gasteiger partial charge in [0.25, 0.3) is 0 Å². The van der Waals surface area contributed by atoms with Crippen LogP contribution in [0.15, 0.2) is 78.9 Å². The van der Waals surface area contributed by atoms with Crippen LogP contribution in [0.2, 0.25) is 0 Å². The smallest absolute Gasteiger partial charge is 0.313 e. The minimum absolute atomic E-state index is 0.195. The molecule has 0 aliphatic heterocycles. The molecule has 0 heterocycles. The molecule has 0 bridgehead atoms. The van der Waals surface area contributed by atoms with Gasteiger partial charge >= 0.3 is 5.97 Å². The van der Waals surface area contributed by atoms with Gasteiger partial charge in [-0.25, -0.2) is 0 Å². The maximum atomic E-state index is 11.9. The van der Waals surface area contributed by atoms with Crippen molar-refractivity contribution in [2.24, 2.45) is 0 Å². The fourth-order valence-electron chi connectivity index (χ4n) is 2.77. The minimum atomic E-state index is -0.561. The maximum Gasteiger partial charge on any atom is 0.313 e. The van der Waals surface area contributed by atoms with Crippen molar-refractivity contribution in [2.75, 3.05) is 20.8 Å². The SMILES string of the molecule is CO.COC(=O)CC(=O)c1ccc(OCc2ccc(OCC(=N)c3ccccc3)cc2)cc1. The van der Waals surface area contributed by atoms with Gasteiger partial charge in [-0.05, 0) is 47.5 Å². The van der Waals surface area contributed by atoms with Gasteiger partial charge in [-0.15, -0.1) is 0 Å². The summed E-state index contributed by atoms with van der Waals surface area (Å²) in [6.07, 6.45) is -0.282. The molecule has 0 radical (unpaired) electrons. The van der Waals surface area contributed by atoms with Crippen LogP contribution in [-0.4, -0.2) is 43.4 Å². The molecule has 0 saturated carbocycles. The summed E-state index contributed by atoms with van der Waals surface area (Å²) in [6, 6.07) is 23.6. The number of nitrogens with one attached hydrogen (secondary N) is 1. The zero-order chi connectivity index (χ0) is 24.1. The van der Waals surface area contributed by atoms with E-state index in [-0.39, 0.29) is 18.8 Å². The lowest BCUT2D eigenvalue weighted by Gasteiger charge is -2.10. The molecule has 7 nitrogen and oxygen atoms in total. The molecule has 3 aromatic rings. The molecular formula is C26H27NO6. The number of rotatable bonds is 10. The van der Waals surface area contributed by atoms with Crippen molar-refractivity contribution in [3.63, 3.8) is 0 Å². The van der Waals surface area contributed by atoms with E-state index in [9.17, 15) is 9.59 Å². The molecule has 172 valence electrons. The summed E-state index contributed by atoms with van der Waals surface area (Å²) in [5, 5.41) is 15.1. The lowest BCUT2D eigenvalue weighted by molar-refractivity contribution is -0.139. The number of carbonyl (C=O) groups is 2. The van der Waals surface area contributed by atoms with Crippen LogP contribution in [0.3, 0.4) is 0 Å². The Morgan fingerprint density at radius 2 is 1.36 bits per heavy atom. The van der Waals surface area contributed by atoms with Crippen molar-refractivity contribution < 1.29 is 28.9 Å². The molecule has 0 aliphatic rings. The fraction of sp³-hybridized carbons (Fsp3) is 0.192. The van der Waals surface area contributed by atoms with E-state index in [0.717, 1.165) is 18.2 Å². The third kappa shape index (κ3) is 8.23. The van der Waals surface area contributed by atoms with E-state index in [0.29, 0.717) is 29.4 Å². The third-order valence-corrected chi connectivity index (χ3v) is 4.54. The maximum absolute atomic E-state index is 11.9. The summed E-state index contributed by atoms with van der Waals surface area (Å²) in [7, 11) is 2.25. The van der Waals surface area contributed by atoms with Gasteiger partial charge in [0.1, 0.15) is 31.1 Å². The Balaban J connectivity index is 0.00000187. The average Bonchev–Trinajstić information content (AvgIpc) is 2.88. The number of aliphatic hydroxyl groups excluding tert-OH is 1. The zero-order valence-corrected chi connectivity index (χ0v) is 18.6. The highest BCUT2D eigenvalue weighted by atomic mass is 16.5. The van der Waals surface area contributed by atoms with Crippen molar-refractivity contribution in [1.29, 1.82) is 5.41 Å². The Kier molecular flexibility index (Phi) is 10.3. The standard InChI is InChI=1S/C25H23NO5.CH4O/c1-29-25(28)15-24(27)20-9-13-22(14-10-20)30-16-18-7-11-21(12-8-18)31-17-23(26)19-5-3-2-4-6-19;1-2/h2-14,26H,15-17H2,1H3;2H,1H3. The van der Waals surface area contributed by atoms with Gasteiger partial charge in [-0.1, -0.05) is 42.5 Å². The second kappa shape index (κ2) is 13.4. The molecule has 0 unspecified atom stereocenters. The number of methoxy groups -OCH3 is 1. The zero-order valence-electron chi connectivity index (χ0n) is 18.6. The highest BCUT2D eigenvalue weighted by molar-refractivity contribution is 6.05. The van der Waals surface area contributed by atoms with Crippen molar-refractivity contribution in [3.8, 4) is 11.5 Å². The van der Waals surface area contributed by atoms with Crippen LogP contribution in [0.25, 0.3) is 0 Å². The van der Waals surface area contributed by atoms with Gasteiger partial charge in [-0.3, -0.25) is 9.59 Å². The van der Waals surface area contributed by atoms with Crippen molar-refractivity contribution in [3.05, 3.63) is 95.6 Å². The number of hydrogen-bond acceptors (Lipinski definition) is 7. The number of Topliss-reactive ketones (excluding diaryl/α,β-unsaturated/α-hetero) is 1. The van der Waals surface area contributed by atoms with Crippen LogP contribution < -0.4 is 9.47 Å². The molecule has 0 saturated heterocycles. The first-order valence-corrected chi connectivity index (χ1v) is 10.2. The molecule has 0 spiro atoms. The first kappa shape index (κ1) is 25.3. The highest BCUT2D eigenvalue weighted by Gasteiger charge is 2.12. The number of esters is 1. The monoisotopic (exact) mass is 449 g/mol. The molecule has 0 atom stereocenters. The second-order valence-electron chi connectivity index (χ2n) is 6.77. The van der Waals surface area contributed by atoms with E-state index in [1.54, 1.807) is 24.3 Å². The molecule has 7 heteroatoms. The molecule has 3 rings (SSSR count). The first-order valence-electron chi connectivity index (χ1n) is 10.2. The van der Waals surface area contributed by atoms with Gasteiger partial charge in [0.2, 0.25) is 0 Å². The van der Waals surface area contributed by atoms with Gasteiger partial charge in [0.15, 0.2) is 5.78 Å². The number of benzene rings is 3. The summed E-state index contributed by atoms with van der Waals surface area (Å²) >= 11 is 0. The van der Waals surface area contributed by atoms with E-state index in [2.05, 4.69) is 4.74 Å². The fourth-order valence-corrected chi connectivity index (χ4v) is 2.77. The third-order valence-electron chi connectivity index (χ3n) is 4.54. The van der Waals surface area contributed by atoms with E-state index in [1.165, 1.54) is 7.11 Å². The molecule has 0 aliphatic carbocycles. The largest absolute Gasteiger partial charge is 0.489 e.